The van der Waals surface area contributed by atoms with Crippen molar-refractivity contribution in [2.24, 2.45) is 35.5 Å². The number of hydrogen-bond donors (Lipinski definition) is 0. The highest BCUT2D eigenvalue weighted by Gasteiger charge is 2.61. The first-order valence-electron chi connectivity index (χ1n) is 5.95. The molecule has 4 aliphatic carbocycles. The molecule has 0 nitrogen and oxygen atoms in total. The lowest BCUT2D eigenvalue weighted by atomic mass is 9.60. The van der Waals surface area contributed by atoms with Gasteiger partial charge in [0.05, 0.1) is 0 Å². The highest BCUT2D eigenvalue weighted by Crippen LogP contribution is 2.68. The Kier molecular flexibility index (Phi) is 1.03. The fourth-order valence-corrected chi connectivity index (χ4v) is 5.34. The van der Waals surface area contributed by atoms with E-state index in [1.807, 2.05) is 0 Å². The van der Waals surface area contributed by atoms with Crippen LogP contribution < -0.4 is 0 Å². The van der Waals surface area contributed by atoms with Gasteiger partial charge in [-0.2, -0.15) is 0 Å². The van der Waals surface area contributed by atoms with Gasteiger partial charge < -0.3 is 0 Å². The third-order valence-electron chi connectivity index (χ3n) is 5.75. The second kappa shape index (κ2) is 1.91. The number of rotatable bonds is 0. The molecule has 4 saturated carbocycles. The topological polar surface area (TPSA) is 0 Å². The normalized spacial score (nSPS) is 66.0. The standard InChI is InChI=1S/C12H18/c1-2-7-8(3-1)12-6-11(7)9-4-5-10(9)12/h7-12H,1-6H2/t7-,8+,9-,10+,11+,12-. The summed E-state index contributed by atoms with van der Waals surface area (Å²) in [6.07, 6.45) is 9.65. The molecule has 0 radical (unpaired) electrons. The van der Waals surface area contributed by atoms with E-state index in [9.17, 15) is 0 Å². The van der Waals surface area contributed by atoms with Gasteiger partial charge >= 0.3 is 0 Å². The minimum atomic E-state index is 1.22. The van der Waals surface area contributed by atoms with Crippen LogP contribution in [0.2, 0.25) is 0 Å². The van der Waals surface area contributed by atoms with Gasteiger partial charge in [0.25, 0.3) is 0 Å². The van der Waals surface area contributed by atoms with Gasteiger partial charge in [0, 0.05) is 0 Å². The van der Waals surface area contributed by atoms with Gasteiger partial charge in [-0.3, -0.25) is 0 Å². The van der Waals surface area contributed by atoms with Crippen LogP contribution in [0.15, 0.2) is 0 Å². The second-order valence-corrected chi connectivity index (χ2v) is 5.73. The summed E-state index contributed by atoms with van der Waals surface area (Å²) in [6, 6.07) is 0. The molecule has 0 saturated heterocycles. The minimum Gasteiger partial charge on any atom is -0.0527 e. The number of fused-ring (bicyclic) bond motifs is 8. The van der Waals surface area contributed by atoms with Crippen LogP contribution in [0.3, 0.4) is 0 Å². The van der Waals surface area contributed by atoms with Crippen molar-refractivity contribution in [3.63, 3.8) is 0 Å². The quantitative estimate of drug-likeness (QED) is 0.513. The summed E-state index contributed by atoms with van der Waals surface area (Å²) in [4.78, 5) is 0. The predicted molar refractivity (Wildman–Crippen MR) is 48.6 cm³/mol. The second-order valence-electron chi connectivity index (χ2n) is 5.73. The van der Waals surface area contributed by atoms with E-state index >= 15 is 0 Å². The maximum Gasteiger partial charge on any atom is -0.0349 e. The van der Waals surface area contributed by atoms with E-state index in [1.54, 1.807) is 38.5 Å². The Hall–Kier alpha value is 0. The molecule has 66 valence electrons. The van der Waals surface area contributed by atoms with Crippen molar-refractivity contribution in [1.29, 1.82) is 0 Å². The van der Waals surface area contributed by atoms with Crippen molar-refractivity contribution in [1.82, 2.24) is 0 Å². The van der Waals surface area contributed by atoms with Crippen LogP contribution >= 0.6 is 0 Å². The van der Waals surface area contributed by atoms with Gasteiger partial charge in [0.2, 0.25) is 0 Å². The van der Waals surface area contributed by atoms with Crippen LogP contribution in [0.4, 0.5) is 0 Å². The zero-order chi connectivity index (χ0) is 7.71. The Bertz CT molecular complexity index is 198. The zero-order valence-electron chi connectivity index (χ0n) is 7.71. The highest BCUT2D eigenvalue weighted by molar-refractivity contribution is 5.10. The van der Waals surface area contributed by atoms with E-state index < -0.39 is 0 Å². The fourth-order valence-electron chi connectivity index (χ4n) is 5.34. The van der Waals surface area contributed by atoms with Crippen LogP contribution in [0.5, 0.6) is 0 Å². The molecule has 6 atom stereocenters. The summed E-state index contributed by atoms with van der Waals surface area (Å²) in [5.74, 6) is 7.35. The van der Waals surface area contributed by atoms with Crippen LogP contribution in [0.25, 0.3) is 0 Å². The highest BCUT2D eigenvalue weighted by atomic mass is 14.7. The smallest absolute Gasteiger partial charge is 0.0349 e. The zero-order valence-corrected chi connectivity index (χ0v) is 7.71. The Morgan fingerprint density at radius 2 is 1.00 bits per heavy atom. The van der Waals surface area contributed by atoms with E-state index in [0.717, 1.165) is 0 Å². The van der Waals surface area contributed by atoms with Gasteiger partial charge in [0.1, 0.15) is 0 Å². The van der Waals surface area contributed by atoms with Crippen LogP contribution in [0, 0.1) is 35.5 Å². The Morgan fingerprint density at radius 1 is 0.500 bits per heavy atom. The molecule has 2 bridgehead atoms. The molecule has 0 spiro atoms. The van der Waals surface area contributed by atoms with Gasteiger partial charge in [-0.15, -0.1) is 0 Å². The van der Waals surface area contributed by atoms with E-state index in [1.165, 1.54) is 35.5 Å². The molecular formula is C12H18. The summed E-state index contributed by atoms with van der Waals surface area (Å²) in [5, 5.41) is 0. The molecule has 0 amide bonds. The lowest BCUT2D eigenvalue weighted by molar-refractivity contribution is 0.0356. The predicted octanol–water partition coefficient (Wildman–Crippen LogP) is 3.08. The molecule has 4 fully saturated rings. The average Bonchev–Trinajstić information content (AvgIpc) is 2.56. The SMILES string of the molecule is C1C[C@@H]2[C@H](C1)[C@H]1C[C@@H]2[C@@H]2CC[C@@H]21. The molecular weight excluding hydrogens is 144 g/mol. The van der Waals surface area contributed by atoms with Crippen molar-refractivity contribution in [3.05, 3.63) is 0 Å². The molecule has 0 aromatic heterocycles. The van der Waals surface area contributed by atoms with Gasteiger partial charge in [-0.05, 0) is 67.6 Å². The Morgan fingerprint density at radius 3 is 1.50 bits per heavy atom. The van der Waals surface area contributed by atoms with Crippen LogP contribution in [-0.4, -0.2) is 0 Å². The van der Waals surface area contributed by atoms with Crippen molar-refractivity contribution in [2.45, 2.75) is 38.5 Å². The van der Waals surface area contributed by atoms with Gasteiger partial charge in [-0.1, -0.05) is 6.42 Å². The lowest BCUT2D eigenvalue weighted by Gasteiger charge is -2.45. The molecule has 0 aliphatic heterocycles. The molecule has 4 aliphatic rings. The Balaban J connectivity index is 1.74. The molecule has 12 heavy (non-hydrogen) atoms. The molecule has 0 aromatic carbocycles. The first kappa shape index (κ1) is 6.45. The largest absolute Gasteiger partial charge is 0.0527 e. The monoisotopic (exact) mass is 162 g/mol. The minimum absolute atomic E-state index is 1.22. The molecule has 0 unspecified atom stereocenters. The molecule has 0 heterocycles. The molecule has 0 heteroatoms. The summed E-state index contributed by atoms with van der Waals surface area (Å²) in [5.41, 5.74) is 0. The number of hydrogen-bond acceptors (Lipinski definition) is 0. The van der Waals surface area contributed by atoms with E-state index in [2.05, 4.69) is 0 Å². The third kappa shape index (κ3) is 0.533. The van der Waals surface area contributed by atoms with Gasteiger partial charge in [-0.25, -0.2) is 0 Å². The maximum atomic E-state index is 1.66. The summed E-state index contributed by atoms with van der Waals surface area (Å²) in [6.45, 7) is 0. The summed E-state index contributed by atoms with van der Waals surface area (Å²) in [7, 11) is 0. The van der Waals surface area contributed by atoms with Gasteiger partial charge in [0.15, 0.2) is 0 Å². The Labute approximate surface area is 74.7 Å². The van der Waals surface area contributed by atoms with Crippen molar-refractivity contribution >= 4 is 0 Å². The van der Waals surface area contributed by atoms with Crippen LogP contribution in [0.1, 0.15) is 38.5 Å². The van der Waals surface area contributed by atoms with E-state index in [-0.39, 0.29) is 0 Å². The summed E-state index contributed by atoms with van der Waals surface area (Å²) < 4.78 is 0. The van der Waals surface area contributed by atoms with E-state index in [0.29, 0.717) is 0 Å². The molecule has 0 aromatic rings. The molecule has 0 N–H and O–H groups in total. The van der Waals surface area contributed by atoms with Crippen LogP contribution in [-0.2, 0) is 0 Å². The average molecular weight is 162 g/mol. The maximum absolute atomic E-state index is 1.66. The van der Waals surface area contributed by atoms with Crippen molar-refractivity contribution in [3.8, 4) is 0 Å². The molecule has 4 rings (SSSR count). The lowest BCUT2D eigenvalue weighted by Crippen LogP contribution is -2.38. The summed E-state index contributed by atoms with van der Waals surface area (Å²) >= 11 is 0. The third-order valence-corrected chi connectivity index (χ3v) is 5.75. The first-order chi connectivity index (χ1) is 5.95. The first-order valence-corrected chi connectivity index (χ1v) is 5.95. The van der Waals surface area contributed by atoms with Crippen molar-refractivity contribution in [2.75, 3.05) is 0 Å². The van der Waals surface area contributed by atoms with Crippen molar-refractivity contribution < 1.29 is 0 Å². The fraction of sp³-hybridized carbons (Fsp3) is 1.00. The van der Waals surface area contributed by atoms with E-state index in [4.69, 9.17) is 0 Å².